The monoisotopic (exact) mass is 288 g/mol. The number of benzene rings is 2. The average Bonchev–Trinajstić information content (AvgIpc) is 2.46. The van der Waals surface area contributed by atoms with Gasteiger partial charge in [-0.05, 0) is 24.6 Å². The molecule has 21 heavy (non-hydrogen) atoms. The maximum Gasteiger partial charge on any atom is 0.292 e. The van der Waals surface area contributed by atoms with E-state index in [1.54, 1.807) is 25.3 Å². The molecule has 0 unspecified atom stereocenters. The molecule has 0 spiro atoms. The molecule has 0 aliphatic heterocycles. The third-order valence-corrected chi connectivity index (χ3v) is 3.07. The lowest BCUT2D eigenvalue weighted by Crippen LogP contribution is -2.04. The number of rotatable bonds is 5. The number of nitro benzene ring substituents is 1. The molecule has 0 aliphatic carbocycles. The van der Waals surface area contributed by atoms with Gasteiger partial charge in [-0.15, -0.1) is 0 Å². The summed E-state index contributed by atoms with van der Waals surface area (Å²) in [6.45, 7) is 2.08. The van der Waals surface area contributed by atoms with Gasteiger partial charge in [0, 0.05) is 11.6 Å². The number of nitrogens with zero attached hydrogens (tertiary/aromatic N) is 1. The van der Waals surface area contributed by atoms with E-state index in [1.165, 1.54) is 6.07 Å². The Labute approximate surface area is 122 Å². The minimum absolute atomic E-state index is 0.119. The maximum atomic E-state index is 10.9. The van der Waals surface area contributed by atoms with E-state index < -0.39 is 4.92 Å². The normalized spacial score (nSPS) is 10.2. The minimum atomic E-state index is -0.509. The molecule has 0 bridgehead atoms. The van der Waals surface area contributed by atoms with E-state index >= 15 is 0 Å². The van der Waals surface area contributed by atoms with Crippen LogP contribution < -0.4 is 15.2 Å². The standard InChI is InChI=1S/C15H16N2O4/c1-10-6-7-13(14(8-10)20-2)21-9-11-4-3-5-12(15(11)16)17(18)19/h3-8H,9,16H2,1-2H3. The maximum absolute atomic E-state index is 10.9. The summed E-state index contributed by atoms with van der Waals surface area (Å²) in [7, 11) is 1.56. The molecule has 2 rings (SSSR count). The van der Waals surface area contributed by atoms with Gasteiger partial charge in [0.2, 0.25) is 0 Å². The van der Waals surface area contributed by atoms with Crippen molar-refractivity contribution < 1.29 is 14.4 Å². The number of aryl methyl sites for hydroxylation is 1. The molecule has 110 valence electrons. The van der Waals surface area contributed by atoms with Crippen LogP contribution in [0.1, 0.15) is 11.1 Å². The van der Waals surface area contributed by atoms with E-state index in [4.69, 9.17) is 15.2 Å². The Balaban J connectivity index is 2.21. The molecular weight excluding hydrogens is 272 g/mol. The smallest absolute Gasteiger partial charge is 0.292 e. The zero-order valence-corrected chi connectivity index (χ0v) is 11.8. The van der Waals surface area contributed by atoms with Crippen molar-refractivity contribution in [3.05, 3.63) is 57.6 Å². The molecule has 0 amide bonds. The summed E-state index contributed by atoms with van der Waals surface area (Å²) in [6.07, 6.45) is 0. The lowest BCUT2D eigenvalue weighted by molar-refractivity contribution is -0.384. The number of hydrogen-bond acceptors (Lipinski definition) is 5. The van der Waals surface area contributed by atoms with Crippen LogP contribution in [0.4, 0.5) is 11.4 Å². The highest BCUT2D eigenvalue weighted by Crippen LogP contribution is 2.30. The fourth-order valence-electron chi connectivity index (χ4n) is 1.93. The number of hydrogen-bond donors (Lipinski definition) is 1. The number of anilines is 1. The second kappa shape index (κ2) is 6.13. The first-order valence-electron chi connectivity index (χ1n) is 6.32. The van der Waals surface area contributed by atoms with Crippen molar-refractivity contribution in [1.29, 1.82) is 0 Å². The first kappa shape index (κ1) is 14.6. The quantitative estimate of drug-likeness (QED) is 0.519. The first-order valence-corrected chi connectivity index (χ1v) is 6.32. The van der Waals surface area contributed by atoms with Crippen LogP contribution in [0, 0.1) is 17.0 Å². The second-order valence-corrected chi connectivity index (χ2v) is 4.55. The molecule has 0 aromatic heterocycles. The molecule has 0 fully saturated rings. The van der Waals surface area contributed by atoms with E-state index in [0.29, 0.717) is 17.1 Å². The lowest BCUT2D eigenvalue weighted by Gasteiger charge is -2.12. The van der Waals surface area contributed by atoms with E-state index in [2.05, 4.69) is 0 Å². The van der Waals surface area contributed by atoms with Crippen molar-refractivity contribution in [2.45, 2.75) is 13.5 Å². The Morgan fingerprint density at radius 2 is 2.00 bits per heavy atom. The summed E-state index contributed by atoms with van der Waals surface area (Å²) >= 11 is 0. The Bertz CT molecular complexity index is 671. The van der Waals surface area contributed by atoms with Crippen LogP contribution in [0.5, 0.6) is 11.5 Å². The van der Waals surface area contributed by atoms with Gasteiger partial charge in [-0.25, -0.2) is 0 Å². The van der Waals surface area contributed by atoms with Gasteiger partial charge in [0.05, 0.1) is 12.0 Å². The first-order chi connectivity index (χ1) is 10.0. The summed E-state index contributed by atoms with van der Waals surface area (Å²) in [6, 6.07) is 10.2. The Morgan fingerprint density at radius 3 is 2.67 bits per heavy atom. The van der Waals surface area contributed by atoms with Gasteiger partial charge < -0.3 is 15.2 Å². The number of nitro groups is 1. The predicted octanol–water partition coefficient (Wildman–Crippen LogP) is 3.07. The van der Waals surface area contributed by atoms with Crippen LogP contribution in [0.2, 0.25) is 0 Å². The number of para-hydroxylation sites is 1. The van der Waals surface area contributed by atoms with Gasteiger partial charge in [-0.2, -0.15) is 0 Å². The van der Waals surface area contributed by atoms with E-state index in [0.717, 1.165) is 5.56 Å². The number of methoxy groups -OCH3 is 1. The van der Waals surface area contributed by atoms with Crippen LogP contribution in [0.15, 0.2) is 36.4 Å². The van der Waals surface area contributed by atoms with E-state index in [9.17, 15) is 10.1 Å². The number of ether oxygens (including phenoxy) is 2. The highest BCUT2D eigenvalue weighted by molar-refractivity contribution is 5.62. The number of nitrogen functional groups attached to an aromatic ring is 1. The van der Waals surface area contributed by atoms with Gasteiger partial charge in [-0.3, -0.25) is 10.1 Å². The van der Waals surface area contributed by atoms with E-state index in [-0.39, 0.29) is 18.0 Å². The van der Waals surface area contributed by atoms with Crippen LogP contribution in [0.25, 0.3) is 0 Å². The molecule has 0 atom stereocenters. The summed E-state index contributed by atoms with van der Waals surface area (Å²) in [5.41, 5.74) is 7.40. The zero-order valence-electron chi connectivity index (χ0n) is 11.8. The summed E-state index contributed by atoms with van der Waals surface area (Å²) in [5.74, 6) is 1.17. The van der Waals surface area contributed by atoms with Crippen molar-refractivity contribution in [1.82, 2.24) is 0 Å². The summed E-state index contributed by atoms with van der Waals surface area (Å²) in [5, 5.41) is 10.9. The fourth-order valence-corrected chi connectivity index (χ4v) is 1.93. The molecule has 0 aliphatic rings. The molecule has 0 saturated carbocycles. The molecule has 0 saturated heterocycles. The highest BCUT2D eigenvalue weighted by Gasteiger charge is 2.15. The predicted molar refractivity (Wildman–Crippen MR) is 79.6 cm³/mol. The number of nitrogens with two attached hydrogens (primary N) is 1. The topological polar surface area (TPSA) is 87.6 Å². The van der Waals surface area contributed by atoms with Crippen LogP contribution in [0.3, 0.4) is 0 Å². The third kappa shape index (κ3) is 3.22. The Hall–Kier alpha value is -2.76. The third-order valence-electron chi connectivity index (χ3n) is 3.07. The lowest BCUT2D eigenvalue weighted by atomic mass is 10.1. The zero-order chi connectivity index (χ0) is 15.4. The summed E-state index contributed by atoms with van der Waals surface area (Å²) in [4.78, 5) is 10.3. The minimum Gasteiger partial charge on any atom is -0.493 e. The molecule has 2 aromatic rings. The molecular formula is C15H16N2O4. The van der Waals surface area contributed by atoms with Crippen molar-refractivity contribution in [3.63, 3.8) is 0 Å². The average molecular weight is 288 g/mol. The van der Waals surface area contributed by atoms with Gasteiger partial charge in [0.25, 0.3) is 5.69 Å². The molecule has 0 heterocycles. The van der Waals surface area contributed by atoms with Gasteiger partial charge >= 0.3 is 0 Å². The Kier molecular flexibility index (Phi) is 4.27. The van der Waals surface area contributed by atoms with E-state index in [1.807, 2.05) is 19.1 Å². The van der Waals surface area contributed by atoms with Crippen molar-refractivity contribution in [3.8, 4) is 11.5 Å². The highest BCUT2D eigenvalue weighted by atomic mass is 16.6. The fraction of sp³-hybridized carbons (Fsp3) is 0.200. The van der Waals surface area contributed by atoms with Crippen molar-refractivity contribution in [2.24, 2.45) is 0 Å². The largest absolute Gasteiger partial charge is 0.493 e. The molecule has 6 nitrogen and oxygen atoms in total. The van der Waals surface area contributed by atoms with Gasteiger partial charge in [-0.1, -0.05) is 18.2 Å². The summed E-state index contributed by atoms with van der Waals surface area (Å²) < 4.78 is 10.9. The van der Waals surface area contributed by atoms with Crippen LogP contribution in [-0.4, -0.2) is 12.0 Å². The molecule has 2 N–H and O–H groups in total. The van der Waals surface area contributed by atoms with Crippen LogP contribution in [-0.2, 0) is 6.61 Å². The molecule has 6 heteroatoms. The van der Waals surface area contributed by atoms with Gasteiger partial charge in [0.1, 0.15) is 12.3 Å². The molecule has 2 aromatic carbocycles. The van der Waals surface area contributed by atoms with Crippen molar-refractivity contribution >= 4 is 11.4 Å². The van der Waals surface area contributed by atoms with Crippen molar-refractivity contribution in [2.75, 3.05) is 12.8 Å². The molecule has 0 radical (unpaired) electrons. The van der Waals surface area contributed by atoms with Gasteiger partial charge in [0.15, 0.2) is 11.5 Å². The Morgan fingerprint density at radius 1 is 1.24 bits per heavy atom. The SMILES string of the molecule is COc1cc(C)ccc1OCc1cccc([N+](=O)[O-])c1N. The second-order valence-electron chi connectivity index (χ2n) is 4.55. The van der Waals surface area contributed by atoms with Crippen LogP contribution >= 0.6 is 0 Å².